The summed E-state index contributed by atoms with van der Waals surface area (Å²) in [5.41, 5.74) is 2.38. The Labute approximate surface area is 181 Å². The average Bonchev–Trinajstić information content (AvgIpc) is 2.72. The van der Waals surface area contributed by atoms with Crippen molar-refractivity contribution >= 4 is 56.6 Å². The highest BCUT2D eigenvalue weighted by atomic mass is 35.5. The van der Waals surface area contributed by atoms with Gasteiger partial charge < -0.3 is 5.32 Å². The molecule has 146 valence electrons. The Balaban J connectivity index is 1.62. The molecule has 3 aromatic carbocycles. The maximum Gasteiger partial charge on any atom is 0.262 e. The minimum absolute atomic E-state index is 0.258. The van der Waals surface area contributed by atoms with Crippen LogP contribution in [0.2, 0.25) is 10.0 Å². The fourth-order valence-electron chi connectivity index (χ4n) is 3.48. The first-order valence-electron chi connectivity index (χ1n) is 9.18. The molecule has 5 rings (SSSR count). The van der Waals surface area contributed by atoms with Crippen molar-refractivity contribution in [2.45, 2.75) is 0 Å². The Kier molecular flexibility index (Phi) is 4.62. The number of aromatic amines is 1. The molecule has 0 aliphatic rings. The van der Waals surface area contributed by atoms with Gasteiger partial charge in [-0.1, -0.05) is 59.6 Å². The second-order valence-electron chi connectivity index (χ2n) is 6.82. The van der Waals surface area contributed by atoms with Crippen molar-refractivity contribution in [2.75, 3.05) is 5.32 Å². The maximum atomic E-state index is 13.0. The van der Waals surface area contributed by atoms with E-state index >= 15 is 0 Å². The summed E-state index contributed by atoms with van der Waals surface area (Å²) in [7, 11) is 0. The highest BCUT2D eigenvalue weighted by molar-refractivity contribution is 6.35. The molecule has 0 aliphatic heterocycles. The number of nitrogens with zero attached hydrogens (tertiary/aromatic N) is 2. The van der Waals surface area contributed by atoms with E-state index in [-0.39, 0.29) is 11.5 Å². The standard InChI is InChI=1S/C23H14Cl2N4O/c24-16-10-17(25)12-18(11-16)27-23-28-21-20(22(30)29-23)19(7-8-26-21)15-6-5-13-3-1-2-4-14(13)9-15/h1-12H,(H2,26,27,28,29,30). The summed E-state index contributed by atoms with van der Waals surface area (Å²) in [4.78, 5) is 24.5. The minimum Gasteiger partial charge on any atom is -0.326 e. The van der Waals surface area contributed by atoms with Crippen molar-refractivity contribution in [3.05, 3.63) is 93.3 Å². The van der Waals surface area contributed by atoms with Gasteiger partial charge in [-0.2, -0.15) is 4.98 Å². The zero-order valence-electron chi connectivity index (χ0n) is 15.5. The highest BCUT2D eigenvalue weighted by Gasteiger charge is 2.12. The topological polar surface area (TPSA) is 70.7 Å². The number of pyridine rings is 1. The van der Waals surface area contributed by atoms with E-state index in [1.165, 1.54) is 0 Å². The molecule has 0 saturated heterocycles. The summed E-state index contributed by atoms with van der Waals surface area (Å²) >= 11 is 12.1. The molecule has 5 nitrogen and oxygen atoms in total. The molecule has 2 aromatic heterocycles. The third kappa shape index (κ3) is 3.49. The fourth-order valence-corrected chi connectivity index (χ4v) is 4.01. The molecule has 0 bridgehead atoms. The molecule has 30 heavy (non-hydrogen) atoms. The van der Waals surface area contributed by atoms with E-state index in [1.807, 2.05) is 36.4 Å². The smallest absolute Gasteiger partial charge is 0.262 e. The van der Waals surface area contributed by atoms with E-state index in [0.717, 1.165) is 21.9 Å². The van der Waals surface area contributed by atoms with Gasteiger partial charge in [-0.3, -0.25) is 9.78 Å². The normalized spacial score (nSPS) is 11.1. The van der Waals surface area contributed by atoms with Crippen LogP contribution >= 0.6 is 23.2 Å². The van der Waals surface area contributed by atoms with Gasteiger partial charge in [-0.15, -0.1) is 0 Å². The monoisotopic (exact) mass is 432 g/mol. The minimum atomic E-state index is -0.285. The summed E-state index contributed by atoms with van der Waals surface area (Å²) in [5.74, 6) is 0.258. The van der Waals surface area contributed by atoms with Gasteiger partial charge >= 0.3 is 0 Å². The van der Waals surface area contributed by atoms with Crippen molar-refractivity contribution in [1.82, 2.24) is 15.0 Å². The number of H-pyrrole nitrogens is 1. The summed E-state index contributed by atoms with van der Waals surface area (Å²) in [6.45, 7) is 0. The molecule has 0 aliphatic carbocycles. The Morgan fingerprint density at radius 2 is 1.63 bits per heavy atom. The van der Waals surface area contributed by atoms with E-state index in [0.29, 0.717) is 26.8 Å². The van der Waals surface area contributed by atoms with Crippen LogP contribution in [0.3, 0.4) is 0 Å². The molecule has 0 amide bonds. The number of rotatable bonds is 3. The van der Waals surface area contributed by atoms with Gasteiger partial charge in [-0.05, 0) is 52.2 Å². The molecular formula is C23H14Cl2N4O. The van der Waals surface area contributed by atoms with Gasteiger partial charge in [-0.25, -0.2) is 4.98 Å². The second-order valence-corrected chi connectivity index (χ2v) is 7.69. The molecule has 0 radical (unpaired) electrons. The number of benzene rings is 3. The number of anilines is 2. The average molecular weight is 433 g/mol. The number of fused-ring (bicyclic) bond motifs is 2. The Bertz CT molecular complexity index is 1460. The van der Waals surface area contributed by atoms with E-state index in [9.17, 15) is 4.79 Å². The molecule has 5 aromatic rings. The number of halogens is 2. The van der Waals surface area contributed by atoms with Crippen molar-refractivity contribution in [2.24, 2.45) is 0 Å². The summed E-state index contributed by atoms with van der Waals surface area (Å²) in [5, 5.41) is 6.65. The third-order valence-electron chi connectivity index (χ3n) is 4.79. The molecule has 2 heterocycles. The Morgan fingerprint density at radius 3 is 2.43 bits per heavy atom. The predicted molar refractivity (Wildman–Crippen MR) is 123 cm³/mol. The van der Waals surface area contributed by atoms with Gasteiger partial charge in [0.05, 0.1) is 5.39 Å². The molecule has 0 unspecified atom stereocenters. The highest BCUT2D eigenvalue weighted by Crippen LogP contribution is 2.29. The van der Waals surface area contributed by atoms with E-state index in [1.54, 1.807) is 24.4 Å². The number of hydrogen-bond donors (Lipinski definition) is 2. The van der Waals surface area contributed by atoms with E-state index in [4.69, 9.17) is 23.2 Å². The van der Waals surface area contributed by atoms with Crippen LogP contribution in [-0.4, -0.2) is 15.0 Å². The largest absolute Gasteiger partial charge is 0.326 e. The van der Waals surface area contributed by atoms with Crippen molar-refractivity contribution in [3.8, 4) is 11.1 Å². The quantitative estimate of drug-likeness (QED) is 0.356. The van der Waals surface area contributed by atoms with Gasteiger partial charge in [0.15, 0.2) is 5.65 Å². The van der Waals surface area contributed by atoms with Crippen LogP contribution in [0.5, 0.6) is 0 Å². The van der Waals surface area contributed by atoms with Crippen molar-refractivity contribution in [3.63, 3.8) is 0 Å². The first-order chi connectivity index (χ1) is 14.6. The SMILES string of the molecule is O=c1[nH]c(Nc2cc(Cl)cc(Cl)c2)nc2nccc(-c3ccc4ccccc4c3)c12. The van der Waals surface area contributed by atoms with Crippen LogP contribution in [0.1, 0.15) is 0 Å². The lowest BCUT2D eigenvalue weighted by Gasteiger charge is -2.10. The Hall–Kier alpha value is -3.41. The van der Waals surface area contributed by atoms with Gasteiger partial charge in [0.1, 0.15) is 0 Å². The lowest BCUT2D eigenvalue weighted by atomic mass is 10.00. The maximum absolute atomic E-state index is 13.0. The van der Waals surface area contributed by atoms with E-state index in [2.05, 4.69) is 32.4 Å². The molecule has 0 atom stereocenters. The summed E-state index contributed by atoms with van der Waals surface area (Å²) in [6, 6.07) is 21.0. The molecule has 0 saturated carbocycles. The summed E-state index contributed by atoms with van der Waals surface area (Å²) < 4.78 is 0. The van der Waals surface area contributed by atoms with Crippen LogP contribution in [0, 0.1) is 0 Å². The first-order valence-corrected chi connectivity index (χ1v) is 9.94. The van der Waals surface area contributed by atoms with Crippen molar-refractivity contribution in [1.29, 1.82) is 0 Å². The van der Waals surface area contributed by atoms with Crippen molar-refractivity contribution < 1.29 is 0 Å². The molecule has 7 heteroatoms. The van der Waals surface area contributed by atoms with E-state index < -0.39 is 0 Å². The fraction of sp³-hybridized carbons (Fsp3) is 0. The molecular weight excluding hydrogens is 419 g/mol. The van der Waals surface area contributed by atoms with Crippen LogP contribution in [0.4, 0.5) is 11.6 Å². The lowest BCUT2D eigenvalue weighted by molar-refractivity contribution is 1.14. The number of aromatic nitrogens is 3. The number of hydrogen-bond acceptors (Lipinski definition) is 4. The van der Waals surface area contributed by atoms with Gasteiger partial charge in [0, 0.05) is 21.9 Å². The summed E-state index contributed by atoms with van der Waals surface area (Å²) in [6.07, 6.45) is 1.65. The first kappa shape index (κ1) is 18.6. The van der Waals surface area contributed by atoms with Crippen LogP contribution in [0.15, 0.2) is 77.7 Å². The predicted octanol–water partition coefficient (Wildman–Crippen LogP) is 6.19. The van der Waals surface area contributed by atoms with Gasteiger partial charge in [0.25, 0.3) is 5.56 Å². The molecule has 0 spiro atoms. The second kappa shape index (κ2) is 7.44. The Morgan fingerprint density at radius 1 is 0.867 bits per heavy atom. The lowest BCUT2D eigenvalue weighted by Crippen LogP contribution is -2.13. The van der Waals surface area contributed by atoms with Crippen LogP contribution < -0.4 is 10.9 Å². The number of nitrogens with one attached hydrogen (secondary N) is 2. The zero-order chi connectivity index (χ0) is 20.7. The van der Waals surface area contributed by atoms with Gasteiger partial charge in [0.2, 0.25) is 5.95 Å². The third-order valence-corrected chi connectivity index (χ3v) is 5.23. The van der Waals surface area contributed by atoms with Crippen LogP contribution in [-0.2, 0) is 0 Å². The molecule has 2 N–H and O–H groups in total. The zero-order valence-corrected chi connectivity index (χ0v) is 17.0. The molecule has 0 fully saturated rings. The van der Waals surface area contributed by atoms with Crippen LogP contribution in [0.25, 0.3) is 32.9 Å².